The van der Waals surface area contributed by atoms with Crippen molar-refractivity contribution < 1.29 is 9.64 Å². The summed E-state index contributed by atoms with van der Waals surface area (Å²) >= 11 is 5.54. The molecule has 0 saturated carbocycles. The number of aromatic nitrogens is 1. The maximum absolute atomic E-state index is 12.6. The lowest BCUT2D eigenvalue weighted by Gasteiger charge is -2.26. The number of nitrogens with one attached hydrogen (secondary N) is 3. The second kappa shape index (κ2) is 9.66. The number of quaternary nitrogens is 1. The Morgan fingerprint density at radius 1 is 1.38 bits per heavy atom. The number of methoxy groups -OCH3 is 1. The highest BCUT2D eigenvalue weighted by Crippen LogP contribution is 2.15. The Bertz CT molecular complexity index is 804. The molecule has 0 fully saturated rings. The fourth-order valence-corrected chi connectivity index (χ4v) is 2.99. The molecular weight excluding hydrogens is 348 g/mol. The highest BCUT2D eigenvalue weighted by atomic mass is 32.1. The third kappa shape index (κ3) is 5.52. The molecule has 0 radical (unpaired) electrons. The molecule has 142 valence electrons. The maximum Gasteiger partial charge on any atom is 0.253 e. The molecule has 0 unspecified atom stereocenters. The first-order chi connectivity index (χ1) is 12.4. The molecule has 0 bridgehead atoms. The monoisotopic (exact) mass is 377 g/mol. The number of H-pyrrole nitrogens is 1. The van der Waals surface area contributed by atoms with E-state index in [-0.39, 0.29) is 5.56 Å². The molecule has 0 saturated heterocycles. The van der Waals surface area contributed by atoms with Crippen molar-refractivity contribution in [2.45, 2.75) is 13.5 Å². The quantitative estimate of drug-likeness (QED) is 0.456. The van der Waals surface area contributed by atoms with Gasteiger partial charge in [0, 0.05) is 19.2 Å². The molecule has 1 heterocycles. The number of para-hydroxylation sites is 1. The molecule has 0 spiro atoms. The SMILES string of the molecule is COCCNC(=S)N(CC[NH+](C)C)Cc1cc2cccc(C)c2[nH]c1=O. The number of nitrogens with zero attached hydrogens (tertiary/aromatic N) is 1. The molecule has 26 heavy (non-hydrogen) atoms. The van der Waals surface area contributed by atoms with Crippen LogP contribution in [0.25, 0.3) is 10.9 Å². The van der Waals surface area contributed by atoms with E-state index < -0.39 is 0 Å². The first-order valence-corrected chi connectivity index (χ1v) is 9.25. The Balaban J connectivity index is 2.23. The van der Waals surface area contributed by atoms with Crippen LogP contribution in [0, 0.1) is 6.92 Å². The summed E-state index contributed by atoms with van der Waals surface area (Å²) in [6, 6.07) is 7.99. The molecule has 0 aliphatic rings. The van der Waals surface area contributed by atoms with Crippen LogP contribution in [0.15, 0.2) is 29.1 Å². The summed E-state index contributed by atoms with van der Waals surface area (Å²) in [5.74, 6) is 0. The lowest BCUT2D eigenvalue weighted by Crippen LogP contribution is -3.06. The van der Waals surface area contributed by atoms with Crippen molar-refractivity contribution >= 4 is 28.2 Å². The number of likely N-dealkylation sites (N-methyl/N-ethyl adjacent to an activating group) is 1. The second-order valence-corrected chi connectivity index (χ2v) is 7.15. The summed E-state index contributed by atoms with van der Waals surface area (Å²) in [5, 5.41) is 4.89. The molecule has 1 aromatic heterocycles. The van der Waals surface area contributed by atoms with Gasteiger partial charge in [0.1, 0.15) is 0 Å². The van der Waals surface area contributed by atoms with Gasteiger partial charge in [-0.1, -0.05) is 18.2 Å². The molecule has 6 nitrogen and oxygen atoms in total. The number of rotatable bonds is 8. The van der Waals surface area contributed by atoms with Gasteiger partial charge in [-0.2, -0.15) is 0 Å². The van der Waals surface area contributed by atoms with Crippen molar-refractivity contribution in [3.05, 3.63) is 45.7 Å². The van der Waals surface area contributed by atoms with Gasteiger partial charge in [-0.05, 0) is 36.2 Å². The molecule has 2 rings (SSSR count). The normalized spacial score (nSPS) is 11.1. The average molecular weight is 378 g/mol. The fraction of sp³-hybridized carbons (Fsp3) is 0.474. The summed E-state index contributed by atoms with van der Waals surface area (Å²) in [7, 11) is 5.87. The van der Waals surface area contributed by atoms with Crippen LogP contribution in [-0.2, 0) is 11.3 Å². The Labute approximate surface area is 160 Å². The van der Waals surface area contributed by atoms with Crippen molar-refractivity contribution in [1.82, 2.24) is 15.2 Å². The van der Waals surface area contributed by atoms with E-state index in [2.05, 4.69) is 24.4 Å². The Hall–Kier alpha value is -1.96. The van der Waals surface area contributed by atoms with Gasteiger partial charge in [0.05, 0.1) is 45.9 Å². The summed E-state index contributed by atoms with van der Waals surface area (Å²) in [5.41, 5.74) is 2.61. The lowest BCUT2D eigenvalue weighted by atomic mass is 10.1. The zero-order valence-corrected chi connectivity index (χ0v) is 16.8. The topological polar surface area (TPSA) is 61.8 Å². The van der Waals surface area contributed by atoms with Crippen molar-refractivity contribution in [2.75, 3.05) is 47.4 Å². The second-order valence-electron chi connectivity index (χ2n) is 6.77. The van der Waals surface area contributed by atoms with Crippen LogP contribution >= 0.6 is 12.2 Å². The number of ether oxygens (including phenoxy) is 1. The van der Waals surface area contributed by atoms with E-state index in [4.69, 9.17) is 17.0 Å². The molecule has 0 aliphatic heterocycles. The van der Waals surface area contributed by atoms with Crippen molar-refractivity contribution in [1.29, 1.82) is 0 Å². The number of thiocarbonyl (C=S) groups is 1. The molecule has 7 heteroatoms. The number of pyridine rings is 1. The number of fused-ring (bicyclic) bond motifs is 1. The zero-order chi connectivity index (χ0) is 19.1. The minimum Gasteiger partial charge on any atom is -0.383 e. The summed E-state index contributed by atoms with van der Waals surface area (Å²) in [6.07, 6.45) is 0. The van der Waals surface area contributed by atoms with Gasteiger partial charge in [0.2, 0.25) is 0 Å². The Morgan fingerprint density at radius 2 is 2.15 bits per heavy atom. The van der Waals surface area contributed by atoms with E-state index in [1.54, 1.807) is 7.11 Å². The van der Waals surface area contributed by atoms with Gasteiger partial charge in [-0.25, -0.2) is 0 Å². The van der Waals surface area contributed by atoms with Crippen LogP contribution < -0.4 is 15.8 Å². The van der Waals surface area contributed by atoms with E-state index in [0.29, 0.717) is 30.4 Å². The highest BCUT2D eigenvalue weighted by Gasteiger charge is 2.14. The number of hydrogen-bond acceptors (Lipinski definition) is 3. The van der Waals surface area contributed by atoms with Gasteiger partial charge in [0.15, 0.2) is 5.11 Å². The molecule has 0 amide bonds. The van der Waals surface area contributed by atoms with E-state index in [1.807, 2.05) is 36.1 Å². The highest BCUT2D eigenvalue weighted by molar-refractivity contribution is 7.80. The summed E-state index contributed by atoms with van der Waals surface area (Å²) in [6.45, 7) is 5.41. The van der Waals surface area contributed by atoms with Crippen LogP contribution in [0.3, 0.4) is 0 Å². The fourth-order valence-electron chi connectivity index (χ4n) is 2.73. The van der Waals surface area contributed by atoms with Gasteiger partial charge in [0.25, 0.3) is 5.56 Å². The third-order valence-corrected chi connectivity index (χ3v) is 4.68. The predicted octanol–water partition coefficient (Wildman–Crippen LogP) is 0.304. The van der Waals surface area contributed by atoms with Crippen LogP contribution in [0.1, 0.15) is 11.1 Å². The first-order valence-electron chi connectivity index (χ1n) is 8.84. The summed E-state index contributed by atoms with van der Waals surface area (Å²) in [4.78, 5) is 19.0. The molecule has 2 aromatic rings. The zero-order valence-electron chi connectivity index (χ0n) is 16.0. The molecule has 0 atom stereocenters. The third-order valence-electron chi connectivity index (χ3n) is 4.28. The minimum atomic E-state index is -0.0614. The smallest absolute Gasteiger partial charge is 0.253 e. The predicted molar refractivity (Wildman–Crippen MR) is 110 cm³/mol. The number of aromatic amines is 1. The van der Waals surface area contributed by atoms with E-state index >= 15 is 0 Å². The lowest BCUT2D eigenvalue weighted by molar-refractivity contribution is -0.857. The standard InChI is InChI=1S/C19H28N4O2S/c1-14-6-5-7-15-12-16(18(24)21-17(14)15)13-23(10-9-22(2)3)19(26)20-8-11-25-4/h5-7,12H,8-11,13H2,1-4H3,(H,20,26)(H,21,24)/p+1. The van der Waals surface area contributed by atoms with Crippen molar-refractivity contribution in [2.24, 2.45) is 0 Å². The first kappa shape index (κ1) is 20.4. The van der Waals surface area contributed by atoms with E-state index in [0.717, 1.165) is 29.6 Å². The molecule has 3 N–H and O–H groups in total. The van der Waals surface area contributed by atoms with Gasteiger partial charge < -0.3 is 24.8 Å². The van der Waals surface area contributed by atoms with Crippen LogP contribution in [-0.4, -0.2) is 62.4 Å². The largest absolute Gasteiger partial charge is 0.383 e. The molecule has 0 aliphatic carbocycles. The summed E-state index contributed by atoms with van der Waals surface area (Å²) < 4.78 is 5.07. The van der Waals surface area contributed by atoms with Gasteiger partial charge >= 0.3 is 0 Å². The Kier molecular flexibility index (Phi) is 7.56. The van der Waals surface area contributed by atoms with Gasteiger partial charge in [-0.15, -0.1) is 0 Å². The maximum atomic E-state index is 12.6. The van der Waals surface area contributed by atoms with Crippen molar-refractivity contribution in [3.8, 4) is 0 Å². The average Bonchev–Trinajstić information content (AvgIpc) is 2.59. The van der Waals surface area contributed by atoms with Crippen LogP contribution in [0.2, 0.25) is 0 Å². The number of benzene rings is 1. The Morgan fingerprint density at radius 3 is 2.85 bits per heavy atom. The van der Waals surface area contributed by atoms with Gasteiger partial charge in [-0.3, -0.25) is 4.79 Å². The van der Waals surface area contributed by atoms with E-state index in [9.17, 15) is 4.79 Å². The van der Waals surface area contributed by atoms with Crippen LogP contribution in [0.5, 0.6) is 0 Å². The molecular formula is C19H29N4O2S+. The number of aryl methyl sites for hydroxylation is 1. The van der Waals surface area contributed by atoms with Crippen molar-refractivity contribution in [3.63, 3.8) is 0 Å². The van der Waals surface area contributed by atoms with E-state index in [1.165, 1.54) is 4.90 Å². The number of hydrogen-bond donors (Lipinski definition) is 3. The molecule has 1 aromatic carbocycles. The minimum absolute atomic E-state index is 0.0614. The van der Waals surface area contributed by atoms with Crippen LogP contribution in [0.4, 0.5) is 0 Å².